The number of ether oxygens (including phenoxy) is 1. The van der Waals surface area contributed by atoms with Crippen LogP contribution >= 0.6 is 0 Å². The average Bonchev–Trinajstić information content (AvgIpc) is 2.93. The molecule has 122 valence electrons. The standard InChI is InChI=1S/C15H16FN3O4/c1-23-8-12(20)18-7-6-11-13(18)14(21)19(15(22)17-11)10-4-2-9(16)3-5-10/h2-5,11,13H,6-8H2,1H3,(H,17,22). The summed E-state index contributed by atoms with van der Waals surface area (Å²) in [5.74, 6) is -1.26. The molecule has 0 aliphatic carbocycles. The van der Waals surface area contributed by atoms with E-state index in [4.69, 9.17) is 4.74 Å². The predicted octanol–water partition coefficient (Wildman–Crippen LogP) is 0.498. The topological polar surface area (TPSA) is 79.0 Å². The maximum Gasteiger partial charge on any atom is 0.329 e. The SMILES string of the molecule is COCC(=O)N1CCC2NC(=O)N(c3ccc(F)cc3)C(=O)C21. The number of hydrogen-bond donors (Lipinski definition) is 1. The summed E-state index contributed by atoms with van der Waals surface area (Å²) in [6, 6.07) is 3.30. The molecule has 1 aromatic carbocycles. The van der Waals surface area contributed by atoms with Crippen LogP contribution in [0.5, 0.6) is 0 Å². The second-order valence-electron chi connectivity index (χ2n) is 5.46. The van der Waals surface area contributed by atoms with E-state index in [1.54, 1.807) is 0 Å². The molecule has 2 fully saturated rings. The highest BCUT2D eigenvalue weighted by molar-refractivity contribution is 6.19. The van der Waals surface area contributed by atoms with Crippen molar-refractivity contribution in [1.29, 1.82) is 0 Å². The molecule has 2 atom stereocenters. The molecule has 0 saturated carbocycles. The third kappa shape index (κ3) is 2.65. The first-order chi connectivity index (χ1) is 11.0. The summed E-state index contributed by atoms with van der Waals surface area (Å²) >= 11 is 0. The minimum absolute atomic E-state index is 0.124. The normalized spacial score (nSPS) is 23.7. The number of carbonyl (C=O) groups is 3. The van der Waals surface area contributed by atoms with Crippen molar-refractivity contribution in [2.24, 2.45) is 0 Å². The van der Waals surface area contributed by atoms with Crippen LogP contribution in [0.2, 0.25) is 0 Å². The van der Waals surface area contributed by atoms with Crippen molar-refractivity contribution in [2.45, 2.75) is 18.5 Å². The number of likely N-dealkylation sites (tertiary alicyclic amines) is 1. The molecule has 23 heavy (non-hydrogen) atoms. The third-order valence-corrected chi connectivity index (χ3v) is 4.06. The third-order valence-electron chi connectivity index (χ3n) is 4.06. The van der Waals surface area contributed by atoms with Gasteiger partial charge in [0.1, 0.15) is 18.5 Å². The highest BCUT2D eigenvalue weighted by Crippen LogP contribution is 2.27. The van der Waals surface area contributed by atoms with Gasteiger partial charge in [0.25, 0.3) is 5.91 Å². The maximum atomic E-state index is 13.0. The van der Waals surface area contributed by atoms with Crippen molar-refractivity contribution in [3.05, 3.63) is 30.1 Å². The van der Waals surface area contributed by atoms with Gasteiger partial charge in [-0.3, -0.25) is 9.59 Å². The molecule has 0 bridgehead atoms. The minimum Gasteiger partial charge on any atom is -0.375 e. The first-order valence-electron chi connectivity index (χ1n) is 7.21. The lowest BCUT2D eigenvalue weighted by Crippen LogP contribution is -2.65. The molecule has 3 rings (SSSR count). The van der Waals surface area contributed by atoms with Gasteiger partial charge in [0.15, 0.2) is 0 Å². The zero-order valence-corrected chi connectivity index (χ0v) is 12.5. The fourth-order valence-corrected chi connectivity index (χ4v) is 3.03. The second-order valence-corrected chi connectivity index (χ2v) is 5.46. The van der Waals surface area contributed by atoms with E-state index < -0.39 is 29.8 Å². The number of hydrogen-bond acceptors (Lipinski definition) is 4. The molecule has 8 heteroatoms. The van der Waals surface area contributed by atoms with Crippen molar-refractivity contribution in [1.82, 2.24) is 10.2 Å². The average molecular weight is 321 g/mol. The molecule has 2 aliphatic heterocycles. The number of imide groups is 1. The number of nitrogens with zero attached hydrogens (tertiary/aromatic N) is 2. The Kier molecular flexibility index (Phi) is 3.99. The van der Waals surface area contributed by atoms with E-state index in [9.17, 15) is 18.8 Å². The minimum atomic E-state index is -0.764. The summed E-state index contributed by atoms with van der Waals surface area (Å²) in [7, 11) is 1.40. The van der Waals surface area contributed by atoms with Crippen molar-refractivity contribution in [3.63, 3.8) is 0 Å². The molecule has 2 heterocycles. The lowest BCUT2D eigenvalue weighted by atomic mass is 10.0. The second kappa shape index (κ2) is 5.96. The molecule has 0 radical (unpaired) electrons. The molecule has 2 unspecified atom stereocenters. The Bertz CT molecular complexity index is 649. The molecule has 7 nitrogen and oxygen atoms in total. The molecular weight excluding hydrogens is 305 g/mol. The van der Waals surface area contributed by atoms with E-state index in [1.165, 1.54) is 36.3 Å². The van der Waals surface area contributed by atoms with Gasteiger partial charge in [-0.1, -0.05) is 0 Å². The van der Waals surface area contributed by atoms with Crippen molar-refractivity contribution >= 4 is 23.5 Å². The number of carbonyl (C=O) groups excluding carboxylic acids is 3. The van der Waals surface area contributed by atoms with Crippen LogP contribution in [0.25, 0.3) is 0 Å². The fraction of sp³-hybridized carbons (Fsp3) is 0.400. The Morgan fingerprint density at radius 1 is 1.35 bits per heavy atom. The number of rotatable bonds is 3. The van der Waals surface area contributed by atoms with E-state index in [1.807, 2.05) is 0 Å². The Labute approximate surface area is 132 Å². The lowest BCUT2D eigenvalue weighted by molar-refractivity contribution is -0.140. The molecule has 0 aromatic heterocycles. The number of urea groups is 1. The highest BCUT2D eigenvalue weighted by Gasteiger charge is 2.49. The Morgan fingerprint density at radius 3 is 2.70 bits per heavy atom. The van der Waals surface area contributed by atoms with Crippen molar-refractivity contribution in [3.8, 4) is 0 Å². The van der Waals surface area contributed by atoms with Gasteiger partial charge >= 0.3 is 6.03 Å². The van der Waals surface area contributed by atoms with Crippen LogP contribution < -0.4 is 10.2 Å². The smallest absolute Gasteiger partial charge is 0.329 e. The molecule has 2 aliphatic rings. The first kappa shape index (κ1) is 15.4. The van der Waals surface area contributed by atoms with E-state index in [0.29, 0.717) is 13.0 Å². The van der Waals surface area contributed by atoms with Gasteiger partial charge in [-0.15, -0.1) is 0 Å². The van der Waals surface area contributed by atoms with Gasteiger partial charge in [-0.25, -0.2) is 14.1 Å². The number of benzene rings is 1. The molecule has 2 saturated heterocycles. The van der Waals surface area contributed by atoms with Gasteiger partial charge in [0, 0.05) is 13.7 Å². The predicted molar refractivity (Wildman–Crippen MR) is 78.2 cm³/mol. The van der Waals surface area contributed by atoms with Gasteiger partial charge < -0.3 is 15.0 Å². The summed E-state index contributed by atoms with van der Waals surface area (Å²) in [6.45, 7) is 0.252. The summed E-state index contributed by atoms with van der Waals surface area (Å²) in [4.78, 5) is 39.4. The van der Waals surface area contributed by atoms with Gasteiger partial charge in [-0.05, 0) is 30.7 Å². The Balaban J connectivity index is 1.89. The van der Waals surface area contributed by atoms with E-state index >= 15 is 0 Å². The van der Waals surface area contributed by atoms with Crippen LogP contribution in [0.3, 0.4) is 0 Å². The highest BCUT2D eigenvalue weighted by atomic mass is 19.1. The fourth-order valence-electron chi connectivity index (χ4n) is 3.03. The van der Waals surface area contributed by atoms with Gasteiger partial charge in [-0.2, -0.15) is 0 Å². The van der Waals surface area contributed by atoms with Crippen molar-refractivity contribution < 1.29 is 23.5 Å². The largest absolute Gasteiger partial charge is 0.375 e. The number of methoxy groups -OCH3 is 1. The van der Waals surface area contributed by atoms with Gasteiger partial charge in [0.05, 0.1) is 11.7 Å². The number of anilines is 1. The number of amides is 4. The van der Waals surface area contributed by atoms with E-state index in [0.717, 1.165) is 4.90 Å². The summed E-state index contributed by atoms with van der Waals surface area (Å²) in [5.41, 5.74) is 0.262. The maximum absolute atomic E-state index is 13.0. The van der Waals surface area contributed by atoms with Crippen LogP contribution in [0, 0.1) is 5.82 Å². The quantitative estimate of drug-likeness (QED) is 0.879. The molecule has 1 aromatic rings. The Hall–Kier alpha value is -2.48. The van der Waals surface area contributed by atoms with Crippen LogP contribution in [0.1, 0.15) is 6.42 Å². The number of fused-ring (bicyclic) bond motifs is 1. The van der Waals surface area contributed by atoms with Crippen LogP contribution in [0.15, 0.2) is 24.3 Å². The van der Waals surface area contributed by atoms with Crippen molar-refractivity contribution in [2.75, 3.05) is 25.2 Å². The monoisotopic (exact) mass is 321 g/mol. The number of halogens is 1. The molecule has 4 amide bonds. The van der Waals surface area contributed by atoms with Crippen LogP contribution in [0.4, 0.5) is 14.9 Å². The summed E-state index contributed by atoms with van der Waals surface area (Å²) in [6.07, 6.45) is 0.509. The van der Waals surface area contributed by atoms with E-state index in [-0.39, 0.29) is 18.2 Å². The Morgan fingerprint density at radius 2 is 2.04 bits per heavy atom. The van der Waals surface area contributed by atoms with Crippen LogP contribution in [-0.2, 0) is 14.3 Å². The molecular formula is C15H16FN3O4. The lowest BCUT2D eigenvalue weighted by Gasteiger charge is -2.36. The number of nitrogens with one attached hydrogen (secondary N) is 1. The summed E-state index contributed by atoms with van der Waals surface area (Å²) < 4.78 is 17.9. The van der Waals surface area contributed by atoms with E-state index in [2.05, 4.69) is 5.32 Å². The molecule has 1 N–H and O–H groups in total. The van der Waals surface area contributed by atoms with Crippen LogP contribution in [-0.4, -0.2) is 55.1 Å². The molecule has 0 spiro atoms. The zero-order valence-electron chi connectivity index (χ0n) is 12.5. The zero-order chi connectivity index (χ0) is 16.6. The first-order valence-corrected chi connectivity index (χ1v) is 7.21. The van der Waals surface area contributed by atoms with Gasteiger partial charge in [0.2, 0.25) is 5.91 Å². The summed E-state index contributed by atoms with van der Waals surface area (Å²) in [5, 5.41) is 2.74.